The highest BCUT2D eigenvalue weighted by molar-refractivity contribution is 7.98. The summed E-state index contributed by atoms with van der Waals surface area (Å²) in [6.45, 7) is 1.73. The van der Waals surface area contributed by atoms with E-state index in [0.29, 0.717) is 17.1 Å². The number of carbonyl (C=O) groups is 3. The quantitative estimate of drug-likeness (QED) is 0.543. The molecule has 1 aromatic heterocycles. The molecule has 0 saturated heterocycles. The fourth-order valence-corrected chi connectivity index (χ4v) is 4.48. The topological polar surface area (TPSA) is 93.4 Å². The first kappa shape index (κ1) is 22.6. The molecular weight excluding hydrogens is 440 g/mol. The minimum absolute atomic E-state index is 0.122. The Hall–Kier alpha value is -3.59. The maximum Gasteiger partial charge on any atom is 0.295 e. The molecule has 0 aliphatic carbocycles. The highest BCUT2D eigenvalue weighted by Crippen LogP contribution is 2.27. The highest BCUT2D eigenvalue weighted by atomic mass is 32.2. The number of imide groups is 1. The van der Waals surface area contributed by atoms with Crippen molar-refractivity contribution in [3.05, 3.63) is 81.8 Å². The average molecular weight is 465 g/mol. The summed E-state index contributed by atoms with van der Waals surface area (Å²) in [6.07, 6.45) is 2.16. The smallest absolute Gasteiger partial charge is 0.295 e. The largest absolute Gasteiger partial charge is 0.318 e. The van der Waals surface area contributed by atoms with Crippen molar-refractivity contribution >= 4 is 35.2 Å². The first-order valence-electron chi connectivity index (χ1n) is 10.5. The highest BCUT2D eigenvalue weighted by Gasteiger charge is 2.42. The lowest BCUT2D eigenvalue weighted by Gasteiger charge is -2.25. The molecule has 1 atom stereocenters. The molecule has 3 amide bonds. The number of hydrogen-bond acceptors (Lipinski definition) is 5. The van der Waals surface area contributed by atoms with Gasteiger partial charge in [-0.3, -0.25) is 28.8 Å². The number of benzene rings is 2. The number of fused-ring (bicyclic) bond motifs is 1. The van der Waals surface area contributed by atoms with Gasteiger partial charge in [-0.2, -0.15) is 11.8 Å². The van der Waals surface area contributed by atoms with Crippen LogP contribution >= 0.6 is 11.8 Å². The lowest BCUT2D eigenvalue weighted by atomic mass is 10.1. The molecule has 4 rings (SSSR count). The Morgan fingerprint density at radius 2 is 1.55 bits per heavy atom. The van der Waals surface area contributed by atoms with Crippen LogP contribution in [0.3, 0.4) is 0 Å². The van der Waals surface area contributed by atoms with E-state index in [4.69, 9.17) is 0 Å². The Labute approximate surface area is 195 Å². The summed E-state index contributed by atoms with van der Waals surface area (Å²) in [5, 5.41) is 2.71. The van der Waals surface area contributed by atoms with Crippen LogP contribution in [0.15, 0.2) is 59.4 Å². The summed E-state index contributed by atoms with van der Waals surface area (Å²) in [5.41, 5.74) is 1.52. The maximum atomic E-state index is 13.4. The monoisotopic (exact) mass is 464 g/mol. The van der Waals surface area contributed by atoms with Gasteiger partial charge in [0, 0.05) is 7.05 Å². The van der Waals surface area contributed by atoms with Crippen LogP contribution < -0.4 is 10.9 Å². The van der Waals surface area contributed by atoms with Gasteiger partial charge in [0.05, 0.1) is 22.5 Å². The van der Waals surface area contributed by atoms with Crippen LogP contribution in [0.4, 0.5) is 5.69 Å². The van der Waals surface area contributed by atoms with Gasteiger partial charge in [0.1, 0.15) is 11.7 Å². The van der Waals surface area contributed by atoms with Crippen molar-refractivity contribution in [3.8, 4) is 5.69 Å². The molecule has 8 nitrogen and oxygen atoms in total. The summed E-state index contributed by atoms with van der Waals surface area (Å²) in [7, 11) is 1.73. The average Bonchev–Trinajstić information content (AvgIpc) is 3.20. The van der Waals surface area contributed by atoms with Crippen molar-refractivity contribution in [2.45, 2.75) is 19.4 Å². The van der Waals surface area contributed by atoms with E-state index < -0.39 is 23.8 Å². The van der Waals surface area contributed by atoms with Gasteiger partial charge < -0.3 is 5.32 Å². The van der Waals surface area contributed by atoms with E-state index in [1.54, 1.807) is 55.1 Å². The number of anilines is 1. The molecule has 1 aliphatic rings. The zero-order chi connectivity index (χ0) is 23.7. The molecule has 170 valence electrons. The van der Waals surface area contributed by atoms with E-state index in [9.17, 15) is 19.2 Å². The predicted octanol–water partition coefficient (Wildman–Crippen LogP) is 2.84. The van der Waals surface area contributed by atoms with Gasteiger partial charge in [-0.15, -0.1) is 0 Å². The molecule has 1 N–H and O–H groups in total. The fourth-order valence-electron chi connectivity index (χ4n) is 4.02. The van der Waals surface area contributed by atoms with Crippen molar-refractivity contribution < 1.29 is 14.4 Å². The van der Waals surface area contributed by atoms with Crippen LogP contribution in [0.5, 0.6) is 0 Å². The van der Waals surface area contributed by atoms with Crippen LogP contribution in [0.1, 0.15) is 32.8 Å². The number of nitrogens with one attached hydrogen (secondary N) is 1. The van der Waals surface area contributed by atoms with E-state index in [-0.39, 0.29) is 28.8 Å². The van der Waals surface area contributed by atoms with Crippen molar-refractivity contribution in [2.75, 3.05) is 17.3 Å². The SMILES string of the molecule is CSCCC(C(=O)Nc1c(C)n(C)n(-c2ccccc2)c1=O)N1C(=O)c2ccccc2C1=O. The number of para-hydroxylation sites is 1. The predicted molar refractivity (Wildman–Crippen MR) is 128 cm³/mol. The van der Waals surface area contributed by atoms with E-state index in [1.165, 1.54) is 16.4 Å². The van der Waals surface area contributed by atoms with E-state index >= 15 is 0 Å². The van der Waals surface area contributed by atoms with Crippen LogP contribution in [-0.2, 0) is 11.8 Å². The molecule has 2 heterocycles. The van der Waals surface area contributed by atoms with Crippen molar-refractivity contribution in [3.63, 3.8) is 0 Å². The molecular formula is C24H24N4O4S. The van der Waals surface area contributed by atoms with Crippen molar-refractivity contribution in [2.24, 2.45) is 7.05 Å². The molecule has 33 heavy (non-hydrogen) atoms. The van der Waals surface area contributed by atoms with Crippen molar-refractivity contribution in [1.82, 2.24) is 14.3 Å². The molecule has 0 radical (unpaired) electrons. The third-order valence-corrected chi connectivity index (χ3v) is 6.48. The van der Waals surface area contributed by atoms with Gasteiger partial charge in [0.25, 0.3) is 17.4 Å². The van der Waals surface area contributed by atoms with Crippen molar-refractivity contribution in [1.29, 1.82) is 0 Å². The third kappa shape index (κ3) is 3.89. The second-order valence-corrected chi connectivity index (χ2v) is 8.73. The Bertz CT molecular complexity index is 1260. The Kier molecular flexibility index (Phi) is 6.24. The van der Waals surface area contributed by atoms with Crippen LogP contribution in [0.25, 0.3) is 5.69 Å². The first-order chi connectivity index (χ1) is 15.9. The van der Waals surface area contributed by atoms with Crippen LogP contribution in [0, 0.1) is 6.92 Å². The second-order valence-electron chi connectivity index (χ2n) is 7.75. The molecule has 0 spiro atoms. The molecule has 1 unspecified atom stereocenters. The Balaban J connectivity index is 1.68. The first-order valence-corrected chi connectivity index (χ1v) is 11.9. The molecule has 0 fully saturated rings. The summed E-state index contributed by atoms with van der Waals surface area (Å²) >= 11 is 1.51. The normalized spacial score (nSPS) is 13.8. The fraction of sp³-hybridized carbons (Fsp3) is 0.250. The maximum absolute atomic E-state index is 13.4. The summed E-state index contributed by atoms with van der Waals surface area (Å²) < 4.78 is 3.12. The second kappa shape index (κ2) is 9.11. The number of carbonyl (C=O) groups excluding carboxylic acids is 3. The lowest BCUT2D eigenvalue weighted by molar-refractivity contribution is -0.120. The minimum atomic E-state index is -1.03. The van der Waals surface area contributed by atoms with E-state index in [2.05, 4.69) is 5.32 Å². The zero-order valence-electron chi connectivity index (χ0n) is 18.6. The Morgan fingerprint density at radius 1 is 0.970 bits per heavy atom. The third-order valence-electron chi connectivity index (χ3n) is 5.84. The lowest BCUT2D eigenvalue weighted by Crippen LogP contribution is -2.48. The number of rotatable bonds is 7. The standard InChI is InChI=1S/C24H24N4O4S/c1-15-20(24(32)28(26(15)2)16-9-5-4-6-10-16)25-21(29)19(13-14-33-3)27-22(30)17-11-7-8-12-18(17)23(27)31/h4-12,19H,13-14H2,1-3H3,(H,25,29). The molecule has 9 heteroatoms. The van der Waals surface area contributed by atoms with Gasteiger partial charge >= 0.3 is 0 Å². The summed E-state index contributed by atoms with van der Waals surface area (Å²) in [5.74, 6) is -0.996. The van der Waals surface area contributed by atoms with Gasteiger partial charge in [0.15, 0.2) is 0 Å². The van der Waals surface area contributed by atoms with E-state index in [1.807, 2.05) is 24.5 Å². The molecule has 0 saturated carbocycles. The number of hydrogen-bond donors (Lipinski definition) is 1. The molecule has 3 aromatic rings. The number of aromatic nitrogens is 2. The number of nitrogens with zero attached hydrogens (tertiary/aromatic N) is 3. The minimum Gasteiger partial charge on any atom is -0.318 e. The van der Waals surface area contributed by atoms with Gasteiger partial charge in [-0.25, -0.2) is 4.68 Å². The number of thioether (sulfide) groups is 1. The summed E-state index contributed by atoms with van der Waals surface area (Å²) in [6, 6.07) is 14.6. The molecule has 0 bridgehead atoms. The summed E-state index contributed by atoms with van der Waals surface area (Å²) in [4.78, 5) is 53.6. The molecule has 2 aromatic carbocycles. The number of amides is 3. The van der Waals surface area contributed by atoms with E-state index in [0.717, 1.165) is 4.90 Å². The van der Waals surface area contributed by atoms with Crippen LogP contribution in [0.2, 0.25) is 0 Å². The van der Waals surface area contributed by atoms with Gasteiger partial charge in [0.2, 0.25) is 5.91 Å². The zero-order valence-corrected chi connectivity index (χ0v) is 19.4. The van der Waals surface area contributed by atoms with Crippen LogP contribution in [-0.4, -0.2) is 50.0 Å². The molecule has 1 aliphatic heterocycles. The Morgan fingerprint density at radius 3 is 2.12 bits per heavy atom. The van der Waals surface area contributed by atoms with Gasteiger partial charge in [-0.1, -0.05) is 30.3 Å². The van der Waals surface area contributed by atoms with Gasteiger partial charge in [-0.05, 0) is 49.6 Å².